The molecule has 2 N–H and O–H groups in total. The van der Waals surface area contributed by atoms with Gasteiger partial charge in [0, 0.05) is 25.7 Å². The standard InChI is InChI=1S/C14H17F6N3O/c1-21-12(22-7-6-13(15,16)17)23-8-10-4-2-3-5-11(10)24-9-14(18,19)20/h2-5H,6-9H2,1H3,(H2,21,22,23). The van der Waals surface area contributed by atoms with Crippen molar-refractivity contribution in [2.24, 2.45) is 4.99 Å². The van der Waals surface area contributed by atoms with Crippen LogP contribution >= 0.6 is 0 Å². The third-order valence-corrected chi connectivity index (χ3v) is 2.73. The van der Waals surface area contributed by atoms with Crippen LogP contribution in [0.15, 0.2) is 29.3 Å². The lowest BCUT2D eigenvalue weighted by atomic mass is 10.2. The van der Waals surface area contributed by atoms with Gasteiger partial charge in [-0.15, -0.1) is 0 Å². The molecule has 0 aliphatic rings. The number of para-hydroxylation sites is 1. The molecular formula is C14H17F6N3O. The monoisotopic (exact) mass is 357 g/mol. The molecule has 0 atom stereocenters. The van der Waals surface area contributed by atoms with Crippen LogP contribution in [0.25, 0.3) is 0 Å². The summed E-state index contributed by atoms with van der Waals surface area (Å²) in [5, 5.41) is 5.19. The van der Waals surface area contributed by atoms with Gasteiger partial charge in [0.25, 0.3) is 0 Å². The van der Waals surface area contributed by atoms with E-state index < -0.39 is 25.4 Å². The van der Waals surface area contributed by atoms with E-state index in [4.69, 9.17) is 4.74 Å². The van der Waals surface area contributed by atoms with E-state index in [1.165, 1.54) is 19.2 Å². The van der Waals surface area contributed by atoms with E-state index in [-0.39, 0.29) is 24.8 Å². The summed E-state index contributed by atoms with van der Waals surface area (Å²) < 4.78 is 77.6. The second kappa shape index (κ2) is 8.65. The van der Waals surface area contributed by atoms with E-state index in [0.29, 0.717) is 5.56 Å². The molecule has 0 aromatic heterocycles. The maximum Gasteiger partial charge on any atom is 0.422 e. The number of ether oxygens (including phenoxy) is 1. The molecule has 1 aromatic carbocycles. The topological polar surface area (TPSA) is 45.7 Å². The van der Waals surface area contributed by atoms with E-state index in [1.54, 1.807) is 12.1 Å². The summed E-state index contributed by atoms with van der Waals surface area (Å²) in [5.41, 5.74) is 0.417. The van der Waals surface area contributed by atoms with Gasteiger partial charge in [-0.05, 0) is 6.07 Å². The van der Waals surface area contributed by atoms with Crippen LogP contribution in [0.5, 0.6) is 5.75 Å². The smallest absolute Gasteiger partial charge is 0.422 e. The Kier molecular flexibility index (Phi) is 7.18. The molecule has 0 radical (unpaired) electrons. The molecule has 24 heavy (non-hydrogen) atoms. The molecule has 0 unspecified atom stereocenters. The molecule has 0 fully saturated rings. The fourth-order valence-electron chi connectivity index (χ4n) is 1.67. The predicted molar refractivity (Wildman–Crippen MR) is 76.9 cm³/mol. The average molecular weight is 357 g/mol. The largest absolute Gasteiger partial charge is 0.484 e. The normalized spacial score (nSPS) is 12.9. The lowest BCUT2D eigenvalue weighted by Crippen LogP contribution is -2.38. The van der Waals surface area contributed by atoms with E-state index in [0.717, 1.165) is 0 Å². The first-order valence-corrected chi connectivity index (χ1v) is 6.89. The zero-order valence-electron chi connectivity index (χ0n) is 12.8. The van der Waals surface area contributed by atoms with Gasteiger partial charge >= 0.3 is 12.4 Å². The maximum atomic E-state index is 12.2. The van der Waals surface area contributed by atoms with Crippen LogP contribution in [0.4, 0.5) is 26.3 Å². The Morgan fingerprint density at radius 2 is 1.71 bits per heavy atom. The Morgan fingerprint density at radius 1 is 1.04 bits per heavy atom. The first-order valence-electron chi connectivity index (χ1n) is 6.89. The van der Waals surface area contributed by atoms with Crippen molar-refractivity contribution in [1.29, 1.82) is 0 Å². The van der Waals surface area contributed by atoms with Crippen molar-refractivity contribution >= 4 is 5.96 Å². The van der Waals surface area contributed by atoms with Crippen LogP contribution in [-0.4, -0.2) is 38.5 Å². The summed E-state index contributed by atoms with van der Waals surface area (Å²) in [6, 6.07) is 6.05. The molecule has 0 amide bonds. The molecule has 4 nitrogen and oxygen atoms in total. The van der Waals surface area contributed by atoms with Gasteiger partial charge in [-0.2, -0.15) is 26.3 Å². The Balaban J connectivity index is 2.56. The van der Waals surface area contributed by atoms with Crippen molar-refractivity contribution in [1.82, 2.24) is 10.6 Å². The van der Waals surface area contributed by atoms with Crippen molar-refractivity contribution < 1.29 is 31.1 Å². The number of aliphatic imine (C=N–C) groups is 1. The highest BCUT2D eigenvalue weighted by Crippen LogP contribution is 2.22. The number of halogens is 6. The minimum absolute atomic E-state index is 0.0352. The van der Waals surface area contributed by atoms with Gasteiger partial charge in [0.15, 0.2) is 12.6 Å². The van der Waals surface area contributed by atoms with E-state index in [2.05, 4.69) is 15.6 Å². The highest BCUT2D eigenvalue weighted by atomic mass is 19.4. The fourth-order valence-corrected chi connectivity index (χ4v) is 1.67. The first-order chi connectivity index (χ1) is 11.1. The van der Waals surface area contributed by atoms with Crippen LogP contribution in [0.3, 0.4) is 0 Å². The van der Waals surface area contributed by atoms with Gasteiger partial charge in [0.05, 0.1) is 6.42 Å². The molecule has 10 heteroatoms. The number of nitrogens with one attached hydrogen (secondary N) is 2. The Hall–Kier alpha value is -2.13. The fraction of sp³-hybridized carbons (Fsp3) is 0.500. The lowest BCUT2D eigenvalue weighted by Gasteiger charge is -2.16. The van der Waals surface area contributed by atoms with Crippen LogP contribution in [0.1, 0.15) is 12.0 Å². The molecule has 0 aliphatic carbocycles. The van der Waals surface area contributed by atoms with Gasteiger partial charge < -0.3 is 15.4 Å². The van der Waals surface area contributed by atoms with E-state index in [9.17, 15) is 26.3 Å². The van der Waals surface area contributed by atoms with Crippen LogP contribution in [-0.2, 0) is 6.54 Å². The molecule has 0 aliphatic heterocycles. The number of hydrogen-bond donors (Lipinski definition) is 2. The van der Waals surface area contributed by atoms with Crippen LogP contribution in [0, 0.1) is 0 Å². The van der Waals surface area contributed by atoms with Crippen molar-refractivity contribution in [2.45, 2.75) is 25.3 Å². The summed E-state index contributed by atoms with van der Waals surface area (Å²) in [6.07, 6.45) is -9.78. The zero-order valence-corrected chi connectivity index (χ0v) is 12.8. The molecule has 1 aromatic rings. The molecule has 1 rings (SSSR count). The quantitative estimate of drug-likeness (QED) is 0.467. The van der Waals surface area contributed by atoms with Crippen molar-refractivity contribution in [3.63, 3.8) is 0 Å². The van der Waals surface area contributed by atoms with E-state index >= 15 is 0 Å². The van der Waals surface area contributed by atoms with Gasteiger partial charge in [-0.25, -0.2) is 0 Å². The summed E-state index contributed by atoms with van der Waals surface area (Å²) >= 11 is 0. The lowest BCUT2D eigenvalue weighted by molar-refractivity contribution is -0.153. The highest BCUT2D eigenvalue weighted by molar-refractivity contribution is 5.79. The number of benzene rings is 1. The molecule has 0 saturated heterocycles. The average Bonchev–Trinajstić information content (AvgIpc) is 2.47. The Labute approximate surface area is 134 Å². The molecule has 0 bridgehead atoms. The second-order valence-corrected chi connectivity index (χ2v) is 4.73. The Bertz CT molecular complexity index is 542. The van der Waals surface area contributed by atoms with Gasteiger partial charge in [0.2, 0.25) is 0 Å². The predicted octanol–water partition coefficient (Wildman–Crippen LogP) is 3.25. The zero-order chi connectivity index (χ0) is 18.2. The number of alkyl halides is 6. The first kappa shape index (κ1) is 19.9. The second-order valence-electron chi connectivity index (χ2n) is 4.73. The molecule has 0 heterocycles. The highest BCUT2D eigenvalue weighted by Gasteiger charge is 2.29. The minimum atomic E-state index is -4.46. The van der Waals surface area contributed by atoms with Crippen molar-refractivity contribution in [3.05, 3.63) is 29.8 Å². The van der Waals surface area contributed by atoms with E-state index in [1.807, 2.05) is 0 Å². The third-order valence-electron chi connectivity index (χ3n) is 2.73. The molecule has 136 valence electrons. The van der Waals surface area contributed by atoms with Gasteiger partial charge in [0.1, 0.15) is 5.75 Å². The summed E-state index contributed by atoms with van der Waals surface area (Å²) in [7, 11) is 1.37. The summed E-state index contributed by atoms with van der Waals surface area (Å²) in [6.45, 7) is -1.75. The molecule has 0 saturated carbocycles. The Morgan fingerprint density at radius 3 is 2.29 bits per heavy atom. The van der Waals surface area contributed by atoms with Crippen LogP contribution < -0.4 is 15.4 Å². The number of guanidine groups is 1. The van der Waals surface area contributed by atoms with Crippen LogP contribution in [0.2, 0.25) is 0 Å². The maximum absolute atomic E-state index is 12.2. The van der Waals surface area contributed by atoms with Crippen molar-refractivity contribution in [3.8, 4) is 5.75 Å². The number of nitrogens with zero attached hydrogens (tertiary/aromatic N) is 1. The SMILES string of the molecule is CN=C(NCCC(F)(F)F)NCc1ccccc1OCC(F)(F)F. The minimum Gasteiger partial charge on any atom is -0.484 e. The number of rotatable bonds is 6. The number of hydrogen-bond acceptors (Lipinski definition) is 2. The molecular weight excluding hydrogens is 340 g/mol. The summed E-state index contributed by atoms with van der Waals surface area (Å²) in [4.78, 5) is 3.74. The summed E-state index contributed by atoms with van der Waals surface area (Å²) in [5.74, 6) is 0.137. The van der Waals surface area contributed by atoms with Gasteiger partial charge in [-0.1, -0.05) is 18.2 Å². The molecule has 0 spiro atoms. The van der Waals surface area contributed by atoms with Crippen molar-refractivity contribution in [2.75, 3.05) is 20.2 Å². The van der Waals surface area contributed by atoms with Gasteiger partial charge in [-0.3, -0.25) is 4.99 Å². The third kappa shape index (κ3) is 8.49.